The Morgan fingerprint density at radius 3 is 1.65 bits per heavy atom. The van der Waals surface area contributed by atoms with Crippen LogP contribution in [0.25, 0.3) is 21.5 Å². The summed E-state index contributed by atoms with van der Waals surface area (Å²) < 4.78 is 31.3. The van der Waals surface area contributed by atoms with Crippen molar-refractivity contribution in [3.8, 4) is 11.5 Å². The van der Waals surface area contributed by atoms with Crippen LogP contribution in [0.2, 0.25) is 0 Å². The number of hydrogen-bond acceptors (Lipinski definition) is 4. The molecule has 0 aliphatic rings. The van der Waals surface area contributed by atoms with Gasteiger partial charge in [0, 0.05) is 21.5 Å². The number of benzene rings is 3. The molecule has 0 aliphatic carbocycles. The van der Waals surface area contributed by atoms with Crippen LogP contribution in [0.5, 0.6) is 11.5 Å². The molecule has 3 aromatic rings. The van der Waals surface area contributed by atoms with Gasteiger partial charge in [0.2, 0.25) is 0 Å². The molecule has 0 fully saturated rings. The predicted octanol–water partition coefficient (Wildman–Crippen LogP) is -6.00. The molecule has 0 aromatic heterocycles. The minimum Gasteiger partial charge on any atom is -1.00 e. The molecule has 0 bridgehead atoms. The zero-order valence-corrected chi connectivity index (χ0v) is 19.9. The Morgan fingerprint density at radius 2 is 1.17 bits per heavy atom. The van der Waals surface area contributed by atoms with E-state index in [9.17, 15) is 18.6 Å². The minimum absolute atomic E-state index is 0. The van der Waals surface area contributed by atoms with Crippen LogP contribution in [0.3, 0.4) is 0 Å². The topological polar surface area (TPSA) is 94.8 Å². The second kappa shape index (κ2) is 8.87. The van der Waals surface area contributed by atoms with Crippen LogP contribution in [0, 0.1) is 0 Å². The van der Waals surface area contributed by atoms with Crippen molar-refractivity contribution in [2.24, 2.45) is 0 Å². The van der Waals surface area contributed by atoms with Crippen LogP contribution in [-0.2, 0) is 10.1 Å². The molecule has 3 aromatic carbocycles. The second-order valence-electron chi connectivity index (χ2n) is 4.43. The Morgan fingerprint density at radius 1 is 0.739 bits per heavy atom. The summed E-state index contributed by atoms with van der Waals surface area (Å²) in [5.74, 6) is -0.186. The van der Waals surface area contributed by atoms with Crippen molar-refractivity contribution < 1.29 is 116 Å². The first-order valence-electron chi connectivity index (χ1n) is 5.73. The Bertz CT molecular complexity index is 971. The fourth-order valence-corrected chi connectivity index (χ4v) is 2.78. The van der Waals surface area contributed by atoms with E-state index in [1.54, 1.807) is 24.3 Å². The third-order valence-electron chi connectivity index (χ3n) is 3.24. The molecule has 0 saturated carbocycles. The van der Waals surface area contributed by atoms with Crippen LogP contribution in [0.4, 0.5) is 0 Å². The first-order valence-corrected chi connectivity index (χ1v) is 7.17. The van der Waals surface area contributed by atoms with Crippen molar-refractivity contribution in [2.45, 2.75) is 4.90 Å². The van der Waals surface area contributed by atoms with E-state index in [1.807, 2.05) is 0 Å². The van der Waals surface area contributed by atoms with E-state index in [0.29, 0.717) is 16.2 Å². The van der Waals surface area contributed by atoms with E-state index in [1.165, 1.54) is 12.1 Å². The molecule has 0 amide bonds. The molecule has 108 valence electrons. The molecule has 0 aliphatic heterocycles. The van der Waals surface area contributed by atoms with Gasteiger partial charge in [-0.25, -0.2) is 0 Å². The molecule has 5 nitrogen and oxygen atoms in total. The molecule has 3 N–H and O–H groups in total. The predicted molar refractivity (Wildman–Crippen MR) is 77.9 cm³/mol. The Labute approximate surface area is 204 Å². The zero-order chi connectivity index (χ0) is 14.5. The first-order chi connectivity index (χ1) is 9.39. The quantitative estimate of drug-likeness (QED) is 0.173. The molecular formula is C14H13Na3O5S. The van der Waals surface area contributed by atoms with Gasteiger partial charge in [-0.3, -0.25) is 4.55 Å². The van der Waals surface area contributed by atoms with Crippen LogP contribution < -0.4 is 88.7 Å². The maximum Gasteiger partial charge on any atom is 1.00 e. The molecule has 0 atom stereocenters. The molecule has 23 heavy (non-hydrogen) atoms. The molecule has 0 unspecified atom stereocenters. The number of hydrogen-bond donors (Lipinski definition) is 3. The average Bonchev–Trinajstić information content (AvgIpc) is 2.43. The van der Waals surface area contributed by atoms with Gasteiger partial charge in [0.1, 0.15) is 11.5 Å². The molecular weight excluding hydrogens is 349 g/mol. The van der Waals surface area contributed by atoms with E-state index in [4.69, 9.17) is 4.55 Å². The zero-order valence-electron chi connectivity index (χ0n) is 16.1. The van der Waals surface area contributed by atoms with Gasteiger partial charge in [-0.05, 0) is 18.2 Å². The van der Waals surface area contributed by atoms with Gasteiger partial charge in [-0.2, -0.15) is 8.42 Å². The molecule has 0 saturated heterocycles. The summed E-state index contributed by atoms with van der Waals surface area (Å²) >= 11 is 0. The van der Waals surface area contributed by atoms with Gasteiger partial charge in [-0.1, -0.05) is 24.3 Å². The molecule has 0 heterocycles. The van der Waals surface area contributed by atoms with E-state index in [0.717, 1.165) is 6.07 Å². The van der Waals surface area contributed by atoms with Gasteiger partial charge in [0.25, 0.3) is 10.1 Å². The third kappa shape index (κ3) is 4.46. The number of aromatic hydroxyl groups is 2. The SMILES string of the molecule is O=S(=O)(O)c1ccc2c(O)c3ccccc3c(O)c2c1.[H-].[H-].[H-].[Na+].[Na+].[Na+]. The van der Waals surface area contributed by atoms with Crippen LogP contribution >= 0.6 is 0 Å². The van der Waals surface area contributed by atoms with Crippen molar-refractivity contribution in [3.05, 3.63) is 42.5 Å². The number of fused-ring (bicyclic) bond motifs is 2. The third-order valence-corrected chi connectivity index (χ3v) is 4.09. The van der Waals surface area contributed by atoms with Gasteiger partial charge < -0.3 is 14.5 Å². The van der Waals surface area contributed by atoms with Crippen molar-refractivity contribution in [1.82, 2.24) is 0 Å². The molecule has 0 spiro atoms. The summed E-state index contributed by atoms with van der Waals surface area (Å²) in [4.78, 5) is -0.338. The Kier molecular flexibility index (Phi) is 9.14. The van der Waals surface area contributed by atoms with E-state index in [-0.39, 0.29) is 115 Å². The summed E-state index contributed by atoms with van der Waals surface area (Å²) in [5, 5.41) is 21.8. The fourth-order valence-electron chi connectivity index (χ4n) is 2.27. The summed E-state index contributed by atoms with van der Waals surface area (Å²) in [6.07, 6.45) is 0. The second-order valence-corrected chi connectivity index (χ2v) is 5.85. The number of rotatable bonds is 1. The van der Waals surface area contributed by atoms with Crippen LogP contribution in [0.1, 0.15) is 4.28 Å². The summed E-state index contributed by atoms with van der Waals surface area (Å²) in [6, 6.07) is 10.3. The maximum atomic E-state index is 11.1. The van der Waals surface area contributed by atoms with Gasteiger partial charge >= 0.3 is 88.7 Å². The van der Waals surface area contributed by atoms with Crippen molar-refractivity contribution in [1.29, 1.82) is 0 Å². The van der Waals surface area contributed by atoms with E-state index in [2.05, 4.69) is 0 Å². The summed E-state index contributed by atoms with van der Waals surface area (Å²) in [6.45, 7) is 0. The normalized spacial score (nSPS) is 10.5. The van der Waals surface area contributed by atoms with E-state index < -0.39 is 10.1 Å². The Hall–Kier alpha value is 0.690. The molecule has 9 heteroatoms. The largest absolute Gasteiger partial charge is 1.00 e. The first kappa shape index (κ1) is 23.7. The number of phenols is 2. The minimum atomic E-state index is -4.37. The van der Waals surface area contributed by atoms with Crippen LogP contribution in [0.15, 0.2) is 47.4 Å². The van der Waals surface area contributed by atoms with Crippen molar-refractivity contribution in [2.75, 3.05) is 0 Å². The molecule has 0 radical (unpaired) electrons. The number of phenolic OH excluding ortho intramolecular Hbond substituents is 2. The van der Waals surface area contributed by atoms with Crippen molar-refractivity contribution in [3.63, 3.8) is 0 Å². The maximum absolute atomic E-state index is 11.1. The smallest absolute Gasteiger partial charge is 1.00 e. The van der Waals surface area contributed by atoms with E-state index >= 15 is 0 Å². The Balaban J connectivity index is -0.000000403. The summed E-state index contributed by atoms with van der Waals surface area (Å²) in [7, 11) is -4.37. The van der Waals surface area contributed by atoms with Crippen molar-refractivity contribution >= 4 is 31.7 Å². The molecule has 3 rings (SSSR count). The summed E-state index contributed by atoms with van der Waals surface area (Å²) in [5.41, 5.74) is 0. The fraction of sp³-hybridized carbons (Fsp3) is 0. The van der Waals surface area contributed by atoms with Crippen LogP contribution in [-0.4, -0.2) is 23.2 Å². The van der Waals surface area contributed by atoms with Gasteiger partial charge in [0.05, 0.1) is 4.90 Å². The van der Waals surface area contributed by atoms with Gasteiger partial charge in [0.15, 0.2) is 0 Å². The average molecular weight is 362 g/mol. The standard InChI is InChI=1S/C14H10O5S.3Na.3H/c15-13-9-3-1-2-4-10(9)14(16)12-7-8(20(17,18)19)5-6-11(12)13;;;;;;/h1-7,15-16H,(H,17,18,19);;;;;;/q;3*+1;3*-1. The monoisotopic (exact) mass is 362 g/mol. The van der Waals surface area contributed by atoms with Gasteiger partial charge in [-0.15, -0.1) is 0 Å².